The second-order valence-electron chi connectivity index (χ2n) is 7.17. The molecule has 0 aromatic carbocycles. The summed E-state index contributed by atoms with van der Waals surface area (Å²) < 4.78 is 5.70. The Balaban J connectivity index is 0.00000280. The van der Waals surface area contributed by atoms with E-state index >= 15 is 0 Å². The Labute approximate surface area is 189 Å². The van der Waals surface area contributed by atoms with Crippen molar-refractivity contribution in [2.24, 2.45) is 4.99 Å². The topological polar surface area (TPSA) is 65.7 Å². The molecule has 6 nitrogen and oxygen atoms in total. The number of nitrogens with zero attached hydrogens (tertiary/aromatic N) is 3. The van der Waals surface area contributed by atoms with Gasteiger partial charge in [-0.25, -0.2) is 9.98 Å². The molecule has 1 aliphatic heterocycles. The lowest BCUT2D eigenvalue weighted by molar-refractivity contribution is 0.215. The molecular weight excluding hydrogens is 485 g/mol. The highest BCUT2D eigenvalue weighted by Gasteiger charge is 2.25. The Morgan fingerprint density at radius 1 is 1.32 bits per heavy atom. The number of likely N-dealkylation sites (tertiary alicyclic amines) is 1. The summed E-state index contributed by atoms with van der Waals surface area (Å²) in [5, 5.41) is 10.0. The molecule has 0 radical (unpaired) electrons. The van der Waals surface area contributed by atoms with Crippen LogP contribution < -0.4 is 10.6 Å². The molecule has 0 spiro atoms. The van der Waals surface area contributed by atoms with Gasteiger partial charge in [0.1, 0.15) is 10.8 Å². The van der Waals surface area contributed by atoms with E-state index < -0.39 is 0 Å². The minimum Gasteiger partial charge on any atom is -0.468 e. The van der Waals surface area contributed by atoms with Crippen molar-refractivity contribution in [2.75, 3.05) is 26.2 Å². The second kappa shape index (κ2) is 11.8. The molecule has 1 atom stereocenters. The third kappa shape index (κ3) is 6.45. The van der Waals surface area contributed by atoms with Crippen LogP contribution in [-0.4, -0.2) is 42.0 Å². The van der Waals surface area contributed by atoms with Crippen LogP contribution in [0.3, 0.4) is 0 Å². The van der Waals surface area contributed by atoms with Crippen LogP contribution >= 0.6 is 35.3 Å². The van der Waals surface area contributed by atoms with Crippen LogP contribution in [0.25, 0.3) is 0 Å². The molecule has 0 amide bonds. The number of hydrogen-bond acceptors (Lipinski definition) is 5. The standard InChI is InChI=1S/C20H31N5OS.HI/c1-4-21-20(23-13-19-24-16(14-27-19)15(2)3)22-12-17(18-8-7-11-26-18)25-9-5-6-10-25;/h7-8,11,14-15,17H,4-6,9-10,12-13H2,1-3H3,(H2,21,22,23);1H. The number of nitrogens with one attached hydrogen (secondary N) is 2. The van der Waals surface area contributed by atoms with Crippen molar-refractivity contribution in [2.45, 2.75) is 52.1 Å². The number of thiazole rings is 1. The Bertz CT molecular complexity index is 710. The Kier molecular flexibility index (Phi) is 9.73. The molecule has 3 heterocycles. The van der Waals surface area contributed by atoms with Gasteiger partial charge in [-0.1, -0.05) is 13.8 Å². The van der Waals surface area contributed by atoms with E-state index in [0.29, 0.717) is 12.5 Å². The van der Waals surface area contributed by atoms with Gasteiger partial charge in [-0.2, -0.15) is 0 Å². The largest absolute Gasteiger partial charge is 0.468 e. The van der Waals surface area contributed by atoms with Crippen LogP contribution in [0, 0.1) is 0 Å². The van der Waals surface area contributed by atoms with Crippen LogP contribution in [0.2, 0.25) is 0 Å². The number of aromatic nitrogens is 1. The molecule has 1 unspecified atom stereocenters. The molecule has 0 aliphatic carbocycles. The van der Waals surface area contributed by atoms with Gasteiger partial charge in [-0.05, 0) is 50.9 Å². The molecule has 1 fully saturated rings. The number of furan rings is 1. The maximum Gasteiger partial charge on any atom is 0.191 e. The van der Waals surface area contributed by atoms with Crippen molar-refractivity contribution in [3.05, 3.63) is 40.2 Å². The van der Waals surface area contributed by atoms with Crippen molar-refractivity contribution < 1.29 is 4.42 Å². The van der Waals surface area contributed by atoms with Crippen LogP contribution in [0.5, 0.6) is 0 Å². The van der Waals surface area contributed by atoms with Crippen molar-refractivity contribution in [3.8, 4) is 0 Å². The summed E-state index contributed by atoms with van der Waals surface area (Å²) in [6.07, 6.45) is 4.27. The first-order valence-electron chi connectivity index (χ1n) is 9.91. The quantitative estimate of drug-likeness (QED) is 0.309. The van der Waals surface area contributed by atoms with E-state index in [4.69, 9.17) is 9.41 Å². The lowest BCUT2D eigenvalue weighted by Crippen LogP contribution is -2.42. The molecule has 1 saturated heterocycles. The first kappa shape index (κ1) is 23.2. The Morgan fingerprint density at radius 3 is 2.71 bits per heavy atom. The molecule has 1 aliphatic rings. The average Bonchev–Trinajstić information content (AvgIpc) is 3.42. The van der Waals surface area contributed by atoms with Gasteiger partial charge in [-0.15, -0.1) is 35.3 Å². The molecular formula is C20H32IN5OS. The van der Waals surface area contributed by atoms with Gasteiger partial charge in [-0.3, -0.25) is 4.90 Å². The molecule has 8 heteroatoms. The van der Waals surface area contributed by atoms with Gasteiger partial charge in [0.05, 0.1) is 24.5 Å². The summed E-state index contributed by atoms with van der Waals surface area (Å²) >= 11 is 1.68. The lowest BCUT2D eigenvalue weighted by Gasteiger charge is -2.26. The van der Waals surface area contributed by atoms with Crippen LogP contribution in [0.15, 0.2) is 33.2 Å². The van der Waals surface area contributed by atoms with E-state index in [2.05, 4.69) is 52.7 Å². The molecule has 28 heavy (non-hydrogen) atoms. The Hall–Kier alpha value is -1.13. The molecule has 2 aromatic heterocycles. The van der Waals surface area contributed by atoms with Crippen LogP contribution in [-0.2, 0) is 6.54 Å². The molecule has 156 valence electrons. The first-order chi connectivity index (χ1) is 13.2. The van der Waals surface area contributed by atoms with Crippen molar-refractivity contribution in [1.82, 2.24) is 20.5 Å². The third-order valence-corrected chi connectivity index (χ3v) is 5.65. The smallest absolute Gasteiger partial charge is 0.191 e. The zero-order chi connectivity index (χ0) is 19.1. The number of halogens is 1. The van der Waals surface area contributed by atoms with Crippen molar-refractivity contribution in [3.63, 3.8) is 0 Å². The monoisotopic (exact) mass is 517 g/mol. The minimum absolute atomic E-state index is 0. The lowest BCUT2D eigenvalue weighted by atomic mass is 10.2. The van der Waals surface area contributed by atoms with Gasteiger partial charge >= 0.3 is 0 Å². The SMILES string of the molecule is CCNC(=NCc1nc(C(C)C)cs1)NCC(c1ccco1)N1CCCC1.I. The van der Waals surface area contributed by atoms with Crippen LogP contribution in [0.4, 0.5) is 0 Å². The summed E-state index contributed by atoms with van der Waals surface area (Å²) in [6, 6.07) is 4.27. The van der Waals surface area contributed by atoms with Gasteiger partial charge in [0, 0.05) is 18.5 Å². The fourth-order valence-corrected chi connectivity index (χ4v) is 4.17. The number of guanidine groups is 1. The first-order valence-corrected chi connectivity index (χ1v) is 10.8. The van der Waals surface area contributed by atoms with Gasteiger partial charge < -0.3 is 15.1 Å². The number of aliphatic imine (C=N–C) groups is 1. The van der Waals surface area contributed by atoms with E-state index in [9.17, 15) is 0 Å². The number of hydrogen-bond donors (Lipinski definition) is 2. The summed E-state index contributed by atoms with van der Waals surface area (Å²) in [7, 11) is 0. The van der Waals surface area contributed by atoms with E-state index in [1.807, 2.05) is 6.07 Å². The highest BCUT2D eigenvalue weighted by Crippen LogP contribution is 2.25. The summed E-state index contributed by atoms with van der Waals surface area (Å²) in [6.45, 7) is 10.9. The minimum atomic E-state index is 0. The summed E-state index contributed by atoms with van der Waals surface area (Å²) in [5.41, 5.74) is 1.15. The molecule has 3 rings (SSSR count). The normalized spacial score (nSPS) is 16.2. The van der Waals surface area contributed by atoms with E-state index in [1.54, 1.807) is 17.6 Å². The highest BCUT2D eigenvalue weighted by atomic mass is 127. The zero-order valence-electron chi connectivity index (χ0n) is 17.0. The van der Waals surface area contributed by atoms with Crippen LogP contribution in [0.1, 0.15) is 62.0 Å². The molecule has 0 saturated carbocycles. The molecule has 0 bridgehead atoms. The fraction of sp³-hybridized carbons (Fsp3) is 0.600. The summed E-state index contributed by atoms with van der Waals surface area (Å²) in [4.78, 5) is 11.9. The predicted octanol–water partition coefficient (Wildman–Crippen LogP) is 4.37. The van der Waals surface area contributed by atoms with E-state index in [-0.39, 0.29) is 30.0 Å². The van der Waals surface area contributed by atoms with Crippen molar-refractivity contribution in [1.29, 1.82) is 0 Å². The van der Waals surface area contributed by atoms with Gasteiger partial charge in [0.25, 0.3) is 0 Å². The second-order valence-corrected chi connectivity index (χ2v) is 8.11. The van der Waals surface area contributed by atoms with E-state index in [0.717, 1.165) is 48.6 Å². The fourth-order valence-electron chi connectivity index (χ4n) is 3.29. The third-order valence-electron chi connectivity index (χ3n) is 4.79. The predicted molar refractivity (Wildman–Crippen MR) is 127 cm³/mol. The van der Waals surface area contributed by atoms with E-state index in [1.165, 1.54) is 12.8 Å². The highest BCUT2D eigenvalue weighted by molar-refractivity contribution is 14.0. The molecule has 2 aromatic rings. The maximum atomic E-state index is 5.70. The zero-order valence-corrected chi connectivity index (χ0v) is 20.1. The summed E-state index contributed by atoms with van der Waals surface area (Å²) in [5.74, 6) is 2.30. The van der Waals surface area contributed by atoms with Crippen molar-refractivity contribution >= 4 is 41.3 Å². The Morgan fingerprint density at radius 2 is 2.11 bits per heavy atom. The average molecular weight is 517 g/mol. The maximum absolute atomic E-state index is 5.70. The number of rotatable bonds is 8. The van der Waals surface area contributed by atoms with Gasteiger partial charge in [0.15, 0.2) is 5.96 Å². The van der Waals surface area contributed by atoms with Gasteiger partial charge in [0.2, 0.25) is 0 Å². The molecule has 2 N–H and O–H groups in total.